The molecule has 2 heteroatoms. The van der Waals surface area contributed by atoms with Gasteiger partial charge in [-0.3, -0.25) is 0 Å². The van der Waals surface area contributed by atoms with Crippen molar-refractivity contribution in [3.63, 3.8) is 0 Å². The Morgan fingerprint density at radius 1 is 0.941 bits per heavy atom. The Morgan fingerprint density at radius 3 is 2.53 bits per heavy atom. The van der Waals surface area contributed by atoms with Gasteiger partial charge in [0.05, 0.1) is 0 Å². The molecule has 0 atom stereocenters. The third-order valence-corrected chi connectivity index (χ3v) is 3.86. The van der Waals surface area contributed by atoms with Crippen LogP contribution in [0.15, 0.2) is 58.2 Å². The smallest absolute Gasteiger partial charge is 0.116 e. The van der Waals surface area contributed by atoms with Crippen molar-refractivity contribution in [3.8, 4) is 0 Å². The molecule has 2 aromatic rings. The Morgan fingerprint density at radius 2 is 1.71 bits per heavy atom. The van der Waals surface area contributed by atoms with Crippen molar-refractivity contribution >= 4 is 30.6 Å². The molecule has 0 unspecified atom stereocenters. The molecule has 0 fully saturated rings. The molecule has 2 aromatic carbocycles. The third kappa shape index (κ3) is 2.32. The molecule has 1 aliphatic heterocycles. The Kier molecular flexibility index (Phi) is 2.81. The topological polar surface area (TPSA) is 0 Å². The fraction of sp³-hybridized carbons (Fsp3) is 0.0667. The minimum atomic E-state index is 1.29. The maximum Gasteiger partial charge on any atom is 0.182 e. The zero-order chi connectivity index (χ0) is 11.7. The van der Waals surface area contributed by atoms with Gasteiger partial charge >= 0.3 is 0 Å². The van der Waals surface area contributed by atoms with Crippen molar-refractivity contribution in [1.29, 1.82) is 0 Å². The average molecular weight is 235 g/mol. The van der Waals surface area contributed by atoms with E-state index in [1.54, 1.807) is 0 Å². The van der Waals surface area contributed by atoms with Gasteiger partial charge in [0, 0.05) is 9.79 Å². The Balaban J connectivity index is 1.84. The fourth-order valence-corrected chi connectivity index (χ4v) is 2.78. The van der Waals surface area contributed by atoms with Crippen molar-refractivity contribution in [2.45, 2.75) is 16.7 Å². The van der Waals surface area contributed by atoms with E-state index in [4.69, 9.17) is 0 Å². The van der Waals surface area contributed by atoms with Crippen LogP contribution < -0.4 is 5.46 Å². The first-order chi connectivity index (χ1) is 8.31. The molecule has 1 radical (unpaired) electrons. The first-order valence-electron chi connectivity index (χ1n) is 5.71. The summed E-state index contributed by atoms with van der Waals surface area (Å²) in [6.07, 6.45) is 2.15. The van der Waals surface area contributed by atoms with Gasteiger partial charge in [-0.25, -0.2) is 0 Å². The Bertz CT molecular complexity index is 570. The zero-order valence-electron chi connectivity index (χ0n) is 9.68. The number of fused-ring (bicyclic) bond motifs is 1. The standard InChI is InChI=1S/C15H12BS/c1-11-2-5-13(6-3-11)17-14-7-4-12-8-9-16-15(12)10-14/h2-10H,1H3. The van der Waals surface area contributed by atoms with Crippen LogP contribution in [0.5, 0.6) is 0 Å². The van der Waals surface area contributed by atoms with Crippen LogP contribution in [0.4, 0.5) is 0 Å². The SMILES string of the molecule is Cc1ccc(Sc2ccc3c(c2)[B]C=C3)cc1. The molecule has 0 amide bonds. The molecule has 0 N–H and O–H groups in total. The molecular weight excluding hydrogens is 223 g/mol. The van der Waals surface area contributed by atoms with Gasteiger partial charge in [-0.2, -0.15) is 0 Å². The van der Waals surface area contributed by atoms with Gasteiger partial charge in [-0.05, 0) is 30.7 Å². The predicted octanol–water partition coefficient (Wildman–Crippen LogP) is 3.46. The number of hydrogen-bond donors (Lipinski definition) is 0. The number of benzene rings is 2. The second kappa shape index (κ2) is 4.46. The molecule has 0 spiro atoms. The van der Waals surface area contributed by atoms with E-state index in [0.717, 1.165) is 0 Å². The van der Waals surface area contributed by atoms with Gasteiger partial charge in [0.2, 0.25) is 0 Å². The zero-order valence-corrected chi connectivity index (χ0v) is 10.5. The highest BCUT2D eigenvalue weighted by atomic mass is 32.2. The lowest BCUT2D eigenvalue weighted by Crippen LogP contribution is -2.10. The van der Waals surface area contributed by atoms with Gasteiger partial charge in [-0.1, -0.05) is 53.1 Å². The first-order valence-corrected chi connectivity index (χ1v) is 6.53. The van der Waals surface area contributed by atoms with E-state index in [9.17, 15) is 0 Å². The van der Waals surface area contributed by atoms with Crippen LogP contribution >= 0.6 is 11.8 Å². The van der Waals surface area contributed by atoms with Crippen LogP contribution in [0, 0.1) is 6.92 Å². The molecule has 0 nitrogen and oxygen atoms in total. The lowest BCUT2D eigenvalue weighted by Gasteiger charge is -2.05. The minimum Gasteiger partial charge on any atom is -0.116 e. The Hall–Kier alpha value is -1.41. The van der Waals surface area contributed by atoms with E-state index in [1.807, 2.05) is 11.8 Å². The maximum absolute atomic E-state index is 2.25. The van der Waals surface area contributed by atoms with E-state index in [1.165, 1.54) is 26.4 Å². The average Bonchev–Trinajstić information content (AvgIpc) is 2.79. The molecule has 0 aliphatic carbocycles. The highest BCUT2D eigenvalue weighted by molar-refractivity contribution is 7.99. The fourth-order valence-electron chi connectivity index (χ4n) is 1.91. The van der Waals surface area contributed by atoms with Crippen molar-refractivity contribution in [3.05, 3.63) is 59.6 Å². The lowest BCUT2D eigenvalue weighted by atomic mass is 9.73. The van der Waals surface area contributed by atoms with Gasteiger partial charge in [0.15, 0.2) is 7.28 Å². The lowest BCUT2D eigenvalue weighted by molar-refractivity contribution is 1.36. The highest BCUT2D eigenvalue weighted by Crippen LogP contribution is 2.27. The van der Waals surface area contributed by atoms with E-state index < -0.39 is 0 Å². The highest BCUT2D eigenvalue weighted by Gasteiger charge is 2.07. The summed E-state index contributed by atoms with van der Waals surface area (Å²) in [5.74, 6) is 2.10. The normalized spacial score (nSPS) is 12.3. The van der Waals surface area contributed by atoms with Gasteiger partial charge < -0.3 is 0 Å². The van der Waals surface area contributed by atoms with Crippen LogP contribution in [-0.2, 0) is 0 Å². The summed E-state index contributed by atoms with van der Waals surface area (Å²) in [5.41, 5.74) is 3.95. The van der Waals surface area contributed by atoms with Crippen LogP contribution in [0.1, 0.15) is 11.1 Å². The summed E-state index contributed by atoms with van der Waals surface area (Å²) in [6.45, 7) is 2.12. The second-order valence-electron chi connectivity index (χ2n) is 4.23. The van der Waals surface area contributed by atoms with Crippen LogP contribution in [0.2, 0.25) is 0 Å². The maximum atomic E-state index is 2.25. The quantitative estimate of drug-likeness (QED) is 0.718. The Labute approximate surface area is 107 Å². The van der Waals surface area contributed by atoms with E-state index in [2.05, 4.69) is 68.7 Å². The van der Waals surface area contributed by atoms with Gasteiger partial charge in [0.25, 0.3) is 0 Å². The van der Waals surface area contributed by atoms with Crippen LogP contribution in [0.3, 0.4) is 0 Å². The number of rotatable bonds is 2. The van der Waals surface area contributed by atoms with Gasteiger partial charge in [0.1, 0.15) is 0 Å². The summed E-state index contributed by atoms with van der Waals surface area (Å²) >= 11 is 1.81. The predicted molar refractivity (Wildman–Crippen MR) is 76.2 cm³/mol. The molecule has 3 rings (SSSR count). The van der Waals surface area contributed by atoms with Crippen molar-refractivity contribution in [2.24, 2.45) is 0 Å². The monoisotopic (exact) mass is 235 g/mol. The molecule has 0 saturated heterocycles. The molecule has 0 aromatic heterocycles. The molecule has 1 heterocycles. The summed E-state index contributed by atoms with van der Waals surface area (Å²) in [4.78, 5) is 2.59. The van der Waals surface area contributed by atoms with Crippen molar-refractivity contribution < 1.29 is 0 Å². The van der Waals surface area contributed by atoms with Crippen molar-refractivity contribution in [2.75, 3.05) is 0 Å². The van der Waals surface area contributed by atoms with Crippen LogP contribution in [-0.4, -0.2) is 7.28 Å². The first kappa shape index (κ1) is 10.7. The molecular formula is C15H12BS. The molecule has 1 aliphatic rings. The third-order valence-electron chi connectivity index (χ3n) is 2.87. The van der Waals surface area contributed by atoms with Gasteiger partial charge in [-0.15, -0.1) is 5.98 Å². The largest absolute Gasteiger partial charge is 0.182 e. The molecule has 17 heavy (non-hydrogen) atoms. The van der Waals surface area contributed by atoms with E-state index in [0.29, 0.717) is 0 Å². The van der Waals surface area contributed by atoms with Crippen molar-refractivity contribution in [1.82, 2.24) is 0 Å². The van der Waals surface area contributed by atoms with E-state index in [-0.39, 0.29) is 0 Å². The molecule has 0 bridgehead atoms. The molecule has 0 saturated carbocycles. The van der Waals surface area contributed by atoms with Crippen LogP contribution in [0.25, 0.3) is 6.08 Å². The number of aryl methyl sites for hydroxylation is 1. The summed E-state index contributed by atoms with van der Waals surface area (Å²) in [7, 11) is 2.16. The number of hydrogen-bond acceptors (Lipinski definition) is 1. The summed E-state index contributed by atoms with van der Waals surface area (Å²) in [5, 5.41) is 0. The molecule has 81 valence electrons. The van der Waals surface area contributed by atoms with E-state index >= 15 is 0 Å². The minimum absolute atomic E-state index is 1.29. The second-order valence-corrected chi connectivity index (χ2v) is 5.38. The summed E-state index contributed by atoms with van der Waals surface area (Å²) in [6, 6.07) is 15.3. The summed E-state index contributed by atoms with van der Waals surface area (Å²) < 4.78 is 0.